The molecule has 2 fully saturated rings. The van der Waals surface area contributed by atoms with Crippen molar-refractivity contribution in [2.24, 2.45) is 5.92 Å². The Morgan fingerprint density at radius 3 is 2.76 bits per heavy atom. The van der Waals surface area contributed by atoms with Crippen LogP contribution < -0.4 is 10.6 Å². The summed E-state index contributed by atoms with van der Waals surface area (Å²) in [4.78, 5) is 32.6. The van der Waals surface area contributed by atoms with Gasteiger partial charge in [-0.3, -0.25) is 14.5 Å². The van der Waals surface area contributed by atoms with Gasteiger partial charge < -0.3 is 19.9 Å². The van der Waals surface area contributed by atoms with Gasteiger partial charge in [0.15, 0.2) is 0 Å². The fourth-order valence-corrected chi connectivity index (χ4v) is 5.03. The molecule has 194 valence electrons. The number of nitrogens with one attached hydrogen (secondary N) is 2. The molecule has 1 aromatic heterocycles. The van der Waals surface area contributed by atoms with E-state index in [0.717, 1.165) is 38.8 Å². The summed E-state index contributed by atoms with van der Waals surface area (Å²) in [6.45, 7) is 3.04. The molecule has 3 aromatic rings. The molecule has 2 amide bonds. The summed E-state index contributed by atoms with van der Waals surface area (Å²) in [5.74, 6) is 0.377. The van der Waals surface area contributed by atoms with E-state index < -0.39 is 0 Å². The van der Waals surface area contributed by atoms with Crippen LogP contribution in [-0.2, 0) is 16.1 Å². The second-order valence-electron chi connectivity index (χ2n) is 9.45. The van der Waals surface area contributed by atoms with Crippen LogP contribution in [0.2, 0.25) is 5.02 Å². The molecule has 2 aromatic carbocycles. The van der Waals surface area contributed by atoms with Gasteiger partial charge in [-0.05, 0) is 56.5 Å². The Hall–Kier alpha value is -3.27. The minimum atomic E-state index is -0.220. The minimum absolute atomic E-state index is 0.0542. The highest BCUT2D eigenvalue weighted by Gasteiger charge is 2.28. The first-order valence-electron chi connectivity index (χ1n) is 12.7. The predicted molar refractivity (Wildman–Crippen MR) is 139 cm³/mol. The van der Waals surface area contributed by atoms with Crippen molar-refractivity contribution in [2.75, 3.05) is 31.6 Å². The smallest absolute Gasteiger partial charge is 0.253 e. The van der Waals surface area contributed by atoms with Crippen LogP contribution in [0, 0.1) is 5.92 Å². The Bertz CT molecular complexity index is 1240. The Kier molecular flexibility index (Phi) is 8.13. The Morgan fingerprint density at radius 1 is 1.08 bits per heavy atom. The van der Waals surface area contributed by atoms with Gasteiger partial charge in [-0.1, -0.05) is 41.0 Å². The lowest BCUT2D eigenvalue weighted by Gasteiger charge is -2.31. The zero-order valence-electron chi connectivity index (χ0n) is 20.5. The second-order valence-corrected chi connectivity index (χ2v) is 9.85. The van der Waals surface area contributed by atoms with Crippen LogP contribution in [0.1, 0.15) is 41.9 Å². The highest BCUT2D eigenvalue weighted by Crippen LogP contribution is 2.26. The number of amides is 2. The van der Waals surface area contributed by atoms with Crippen molar-refractivity contribution in [1.82, 2.24) is 20.4 Å². The lowest BCUT2D eigenvalue weighted by molar-refractivity contribution is -0.121. The topological polar surface area (TPSA) is 110 Å². The predicted octanol–water partition coefficient (Wildman–Crippen LogP) is 4.15. The van der Waals surface area contributed by atoms with Crippen LogP contribution in [0.4, 0.5) is 5.69 Å². The zero-order valence-corrected chi connectivity index (χ0v) is 21.2. The van der Waals surface area contributed by atoms with Crippen LogP contribution in [0.3, 0.4) is 0 Å². The summed E-state index contributed by atoms with van der Waals surface area (Å²) < 4.78 is 11.0. The average molecular weight is 524 g/mol. The van der Waals surface area contributed by atoms with Crippen LogP contribution in [-0.4, -0.2) is 59.2 Å². The molecule has 0 radical (unpaired) electrons. The highest BCUT2D eigenvalue weighted by atomic mass is 35.5. The maximum absolute atomic E-state index is 13.2. The second kappa shape index (κ2) is 11.9. The van der Waals surface area contributed by atoms with Crippen LogP contribution in [0.25, 0.3) is 11.4 Å². The van der Waals surface area contributed by atoms with Gasteiger partial charge in [0.05, 0.1) is 34.8 Å². The molecule has 0 bridgehead atoms. The summed E-state index contributed by atoms with van der Waals surface area (Å²) in [6.07, 6.45) is 3.65. The van der Waals surface area contributed by atoms with Crippen molar-refractivity contribution in [3.8, 4) is 11.4 Å². The molecule has 3 heterocycles. The van der Waals surface area contributed by atoms with Crippen LogP contribution in [0.15, 0.2) is 53.1 Å². The van der Waals surface area contributed by atoms with E-state index >= 15 is 0 Å². The summed E-state index contributed by atoms with van der Waals surface area (Å²) in [6, 6.07) is 14.4. The molecular formula is C27H30ClN5O4. The number of likely N-dealkylation sites (tertiary alicyclic amines) is 1. The van der Waals surface area contributed by atoms with Crippen molar-refractivity contribution in [2.45, 2.75) is 38.3 Å². The number of nitrogens with zero attached hydrogens (tertiary/aromatic N) is 3. The van der Waals surface area contributed by atoms with E-state index in [2.05, 4.69) is 25.7 Å². The largest absolute Gasteiger partial charge is 0.376 e. The van der Waals surface area contributed by atoms with Gasteiger partial charge in [0.1, 0.15) is 0 Å². The average Bonchev–Trinajstić information content (AvgIpc) is 3.60. The van der Waals surface area contributed by atoms with Gasteiger partial charge >= 0.3 is 0 Å². The SMILES string of the molecule is O=C(NCC1CCCO1)c1ccccc1NC(=O)C1CCCN(Cc2nc(-c3ccccc3Cl)no2)C1. The van der Waals surface area contributed by atoms with Gasteiger partial charge in [-0.2, -0.15) is 4.98 Å². The number of carbonyl (C=O) groups is 2. The number of ether oxygens (including phenoxy) is 1. The van der Waals surface area contributed by atoms with Gasteiger partial charge in [0.25, 0.3) is 5.91 Å². The first kappa shape index (κ1) is 25.4. The van der Waals surface area contributed by atoms with Crippen molar-refractivity contribution in [1.29, 1.82) is 0 Å². The van der Waals surface area contributed by atoms with Crippen LogP contribution >= 0.6 is 11.6 Å². The maximum atomic E-state index is 13.2. The Balaban J connectivity index is 1.18. The van der Waals surface area contributed by atoms with Gasteiger partial charge in [-0.15, -0.1) is 0 Å². The number of carbonyl (C=O) groups excluding carboxylic acids is 2. The van der Waals surface area contributed by atoms with E-state index in [-0.39, 0.29) is 23.8 Å². The quantitative estimate of drug-likeness (QED) is 0.456. The highest BCUT2D eigenvalue weighted by molar-refractivity contribution is 6.33. The Labute approximate surface area is 220 Å². The molecular weight excluding hydrogens is 494 g/mol. The van der Waals surface area contributed by atoms with Crippen molar-refractivity contribution in [3.05, 3.63) is 65.0 Å². The third-order valence-electron chi connectivity index (χ3n) is 6.76. The molecule has 0 aliphatic carbocycles. The third kappa shape index (κ3) is 6.36. The molecule has 0 spiro atoms. The minimum Gasteiger partial charge on any atom is -0.376 e. The standard InChI is InChI=1S/C27H30ClN5O4/c28-22-11-3-1-9-20(22)25-31-24(37-32-25)17-33-13-5-7-18(16-33)26(34)30-23-12-4-2-10-21(23)27(35)29-15-19-8-6-14-36-19/h1-4,9-12,18-19H,5-8,13-17H2,(H,29,35)(H,30,34). The molecule has 2 saturated heterocycles. The Morgan fingerprint density at radius 2 is 1.92 bits per heavy atom. The fraction of sp³-hybridized carbons (Fsp3) is 0.407. The van der Waals surface area contributed by atoms with Crippen LogP contribution in [0.5, 0.6) is 0 Å². The summed E-state index contributed by atoms with van der Waals surface area (Å²) in [5, 5.41) is 10.5. The zero-order chi connectivity index (χ0) is 25.6. The molecule has 5 rings (SSSR count). The summed E-state index contributed by atoms with van der Waals surface area (Å²) >= 11 is 6.25. The van der Waals surface area contributed by atoms with Gasteiger partial charge in [0.2, 0.25) is 17.6 Å². The fourth-order valence-electron chi connectivity index (χ4n) is 4.81. The van der Waals surface area contributed by atoms with Crippen molar-refractivity contribution < 1.29 is 18.8 Å². The molecule has 2 aliphatic rings. The normalized spacial score (nSPS) is 20.0. The van der Waals surface area contributed by atoms with E-state index in [1.54, 1.807) is 24.3 Å². The molecule has 9 nitrogen and oxygen atoms in total. The molecule has 2 unspecified atom stereocenters. The molecule has 10 heteroatoms. The van der Waals surface area contributed by atoms with E-state index in [4.69, 9.17) is 20.9 Å². The summed E-state index contributed by atoms with van der Waals surface area (Å²) in [5.41, 5.74) is 1.67. The van der Waals surface area contributed by atoms with E-state index in [0.29, 0.717) is 53.2 Å². The van der Waals surface area contributed by atoms with E-state index in [9.17, 15) is 9.59 Å². The number of benzene rings is 2. The number of anilines is 1. The number of hydrogen-bond acceptors (Lipinski definition) is 7. The number of hydrogen-bond donors (Lipinski definition) is 2. The van der Waals surface area contributed by atoms with E-state index in [1.807, 2.05) is 24.3 Å². The molecule has 2 aliphatic heterocycles. The van der Waals surface area contributed by atoms with Crippen molar-refractivity contribution in [3.63, 3.8) is 0 Å². The number of rotatable bonds is 8. The number of para-hydroxylation sites is 1. The number of piperidine rings is 1. The van der Waals surface area contributed by atoms with E-state index in [1.165, 1.54) is 0 Å². The molecule has 2 N–H and O–H groups in total. The number of halogens is 1. The maximum Gasteiger partial charge on any atom is 0.253 e. The lowest BCUT2D eigenvalue weighted by Crippen LogP contribution is -2.40. The monoisotopic (exact) mass is 523 g/mol. The first-order valence-corrected chi connectivity index (χ1v) is 13.0. The molecule has 2 atom stereocenters. The first-order chi connectivity index (χ1) is 18.1. The lowest BCUT2D eigenvalue weighted by atomic mass is 9.96. The molecule has 37 heavy (non-hydrogen) atoms. The molecule has 0 saturated carbocycles. The number of aromatic nitrogens is 2. The third-order valence-corrected chi connectivity index (χ3v) is 7.09. The van der Waals surface area contributed by atoms with Gasteiger partial charge in [0, 0.05) is 25.3 Å². The van der Waals surface area contributed by atoms with Gasteiger partial charge in [-0.25, -0.2) is 0 Å². The van der Waals surface area contributed by atoms with Crippen molar-refractivity contribution >= 4 is 29.1 Å². The summed E-state index contributed by atoms with van der Waals surface area (Å²) in [7, 11) is 0.